The minimum atomic E-state index is -3.62. The van der Waals surface area contributed by atoms with E-state index in [0.29, 0.717) is 24.8 Å². The molecule has 0 bridgehead atoms. The van der Waals surface area contributed by atoms with E-state index in [9.17, 15) is 8.42 Å². The summed E-state index contributed by atoms with van der Waals surface area (Å²) in [5.74, 6) is 0. The summed E-state index contributed by atoms with van der Waals surface area (Å²) in [5, 5.41) is 7.39. The van der Waals surface area contributed by atoms with Crippen molar-refractivity contribution in [2.24, 2.45) is 0 Å². The van der Waals surface area contributed by atoms with Gasteiger partial charge in [-0.1, -0.05) is 30.3 Å². The molecular formula is C21H26N4O3S. The highest BCUT2D eigenvalue weighted by molar-refractivity contribution is 7.89. The molecule has 0 unspecified atom stereocenters. The summed E-state index contributed by atoms with van der Waals surface area (Å²) in [6.07, 6.45) is 2.95. The van der Waals surface area contributed by atoms with Crippen molar-refractivity contribution in [3.05, 3.63) is 48.0 Å². The first kappa shape index (κ1) is 20.2. The highest BCUT2D eigenvalue weighted by Gasteiger charge is 2.33. The monoisotopic (exact) mass is 414 g/mol. The van der Waals surface area contributed by atoms with Crippen molar-refractivity contribution in [3.63, 3.8) is 0 Å². The Bertz CT molecular complexity index is 948. The number of nitrogens with zero attached hydrogens (tertiary/aromatic N) is 3. The molecule has 0 spiro atoms. The van der Waals surface area contributed by atoms with E-state index in [1.165, 1.54) is 6.21 Å². The van der Waals surface area contributed by atoms with Gasteiger partial charge in [0.25, 0.3) is 10.0 Å². The van der Waals surface area contributed by atoms with Gasteiger partial charge in [0.05, 0.1) is 18.9 Å². The van der Waals surface area contributed by atoms with Crippen LogP contribution >= 0.6 is 0 Å². The average Bonchev–Trinajstić information content (AvgIpc) is 2.80. The minimum absolute atomic E-state index is 0.0935. The third-order valence-electron chi connectivity index (χ3n) is 5.69. The van der Waals surface area contributed by atoms with E-state index in [1.807, 2.05) is 30.3 Å². The fourth-order valence-electron chi connectivity index (χ4n) is 3.99. The standard InChI is InChI=1S/C21H26N4O3S/c22-16-17-4-6-18(7-5-17)20-2-1-3-21(23-20)29(26,27)25-10-8-19(9-11-25)24-12-14-28-15-13-24/h1-7,16,19,22H,8-15H2. The lowest BCUT2D eigenvalue weighted by Gasteiger charge is -2.39. The zero-order chi connectivity index (χ0) is 20.3. The Morgan fingerprint density at radius 2 is 1.69 bits per heavy atom. The predicted molar refractivity (Wildman–Crippen MR) is 112 cm³/mol. The molecule has 0 saturated carbocycles. The van der Waals surface area contributed by atoms with Gasteiger partial charge in [-0.05, 0) is 30.5 Å². The molecule has 29 heavy (non-hydrogen) atoms. The zero-order valence-corrected chi connectivity index (χ0v) is 17.1. The van der Waals surface area contributed by atoms with Gasteiger partial charge in [-0.3, -0.25) is 4.90 Å². The van der Waals surface area contributed by atoms with E-state index in [4.69, 9.17) is 10.1 Å². The van der Waals surface area contributed by atoms with Crippen LogP contribution in [0, 0.1) is 5.41 Å². The van der Waals surface area contributed by atoms with E-state index in [-0.39, 0.29) is 5.03 Å². The molecule has 0 atom stereocenters. The lowest BCUT2D eigenvalue weighted by Crippen LogP contribution is -2.50. The molecule has 4 rings (SSSR count). The van der Waals surface area contributed by atoms with Crippen LogP contribution in [-0.2, 0) is 14.8 Å². The Morgan fingerprint density at radius 1 is 1.00 bits per heavy atom. The van der Waals surface area contributed by atoms with Gasteiger partial charge in [-0.25, -0.2) is 13.4 Å². The van der Waals surface area contributed by atoms with Crippen molar-refractivity contribution in [2.45, 2.75) is 23.9 Å². The molecule has 2 aliphatic heterocycles. The molecule has 2 fully saturated rings. The molecule has 0 amide bonds. The van der Waals surface area contributed by atoms with E-state index >= 15 is 0 Å². The highest BCUT2D eigenvalue weighted by Crippen LogP contribution is 2.25. The highest BCUT2D eigenvalue weighted by atomic mass is 32.2. The van der Waals surface area contributed by atoms with Gasteiger partial charge in [-0.15, -0.1) is 0 Å². The molecule has 0 aliphatic carbocycles. The lowest BCUT2D eigenvalue weighted by molar-refractivity contribution is 0.00609. The van der Waals surface area contributed by atoms with Gasteiger partial charge in [-0.2, -0.15) is 4.31 Å². The Hall–Kier alpha value is -2.13. The number of hydrogen-bond acceptors (Lipinski definition) is 6. The number of aromatic nitrogens is 1. The maximum Gasteiger partial charge on any atom is 0.260 e. The van der Waals surface area contributed by atoms with E-state index in [1.54, 1.807) is 16.4 Å². The molecule has 8 heteroatoms. The van der Waals surface area contributed by atoms with Gasteiger partial charge in [0.2, 0.25) is 0 Å². The summed E-state index contributed by atoms with van der Waals surface area (Å²) < 4.78 is 33.3. The summed E-state index contributed by atoms with van der Waals surface area (Å²) >= 11 is 0. The van der Waals surface area contributed by atoms with Crippen molar-refractivity contribution < 1.29 is 13.2 Å². The van der Waals surface area contributed by atoms with Gasteiger partial charge >= 0.3 is 0 Å². The number of nitrogens with one attached hydrogen (secondary N) is 1. The van der Waals surface area contributed by atoms with E-state index in [0.717, 1.165) is 50.3 Å². The largest absolute Gasteiger partial charge is 0.379 e. The molecule has 2 saturated heterocycles. The Morgan fingerprint density at radius 3 is 2.34 bits per heavy atom. The van der Waals surface area contributed by atoms with Gasteiger partial charge < -0.3 is 10.1 Å². The smallest absolute Gasteiger partial charge is 0.260 e. The van der Waals surface area contributed by atoms with Crippen molar-refractivity contribution in [1.29, 1.82) is 5.41 Å². The summed E-state index contributed by atoms with van der Waals surface area (Å²) in [7, 11) is -3.62. The Kier molecular flexibility index (Phi) is 6.05. The van der Waals surface area contributed by atoms with Crippen LogP contribution in [-0.4, -0.2) is 74.3 Å². The lowest BCUT2D eigenvalue weighted by atomic mass is 10.0. The molecule has 1 aromatic heterocycles. The summed E-state index contributed by atoms with van der Waals surface area (Å²) in [5.41, 5.74) is 2.24. The number of piperidine rings is 1. The fourth-order valence-corrected chi connectivity index (χ4v) is 5.41. The van der Waals surface area contributed by atoms with E-state index in [2.05, 4.69) is 9.88 Å². The quantitative estimate of drug-likeness (QED) is 0.758. The van der Waals surface area contributed by atoms with E-state index < -0.39 is 10.0 Å². The summed E-state index contributed by atoms with van der Waals surface area (Å²) in [6.45, 7) is 4.41. The maximum absolute atomic E-state index is 13.2. The normalized spacial score (nSPS) is 19.9. The van der Waals surface area contributed by atoms with Crippen LogP contribution in [0.15, 0.2) is 47.5 Å². The molecule has 2 aromatic rings. The predicted octanol–water partition coefficient (Wildman–Crippen LogP) is 2.23. The van der Waals surface area contributed by atoms with Gasteiger partial charge in [0.15, 0.2) is 5.03 Å². The van der Waals surface area contributed by atoms with Crippen molar-refractivity contribution >= 4 is 16.2 Å². The Balaban J connectivity index is 1.48. The fraction of sp³-hybridized carbons (Fsp3) is 0.429. The second kappa shape index (κ2) is 8.71. The summed E-state index contributed by atoms with van der Waals surface area (Å²) in [4.78, 5) is 6.86. The first-order chi connectivity index (χ1) is 14.1. The SMILES string of the molecule is N=Cc1ccc(-c2cccc(S(=O)(=O)N3CCC(N4CCOCC4)CC3)n2)cc1. The van der Waals surface area contributed by atoms with Crippen LogP contribution in [0.25, 0.3) is 11.3 Å². The number of hydrogen-bond donors (Lipinski definition) is 1. The van der Waals surface area contributed by atoms with Gasteiger partial charge in [0.1, 0.15) is 0 Å². The van der Waals surface area contributed by atoms with Crippen LogP contribution in [0.3, 0.4) is 0 Å². The topological polar surface area (TPSA) is 86.6 Å². The van der Waals surface area contributed by atoms with Crippen LogP contribution < -0.4 is 0 Å². The Labute approximate surface area is 171 Å². The second-order valence-electron chi connectivity index (χ2n) is 7.41. The van der Waals surface area contributed by atoms with Crippen LogP contribution in [0.1, 0.15) is 18.4 Å². The average molecular weight is 415 g/mol. The van der Waals surface area contributed by atoms with Gasteiger partial charge in [0, 0.05) is 44.0 Å². The van der Waals surface area contributed by atoms with Crippen molar-refractivity contribution in [3.8, 4) is 11.3 Å². The number of pyridine rings is 1. The molecule has 1 N–H and O–H groups in total. The first-order valence-electron chi connectivity index (χ1n) is 9.98. The van der Waals surface area contributed by atoms with Crippen LogP contribution in [0.5, 0.6) is 0 Å². The van der Waals surface area contributed by atoms with Crippen molar-refractivity contribution in [2.75, 3.05) is 39.4 Å². The third-order valence-corrected chi connectivity index (χ3v) is 7.49. The zero-order valence-electron chi connectivity index (χ0n) is 16.3. The van der Waals surface area contributed by atoms with Crippen LogP contribution in [0.2, 0.25) is 0 Å². The van der Waals surface area contributed by atoms with Crippen LogP contribution in [0.4, 0.5) is 0 Å². The molecule has 3 heterocycles. The molecular weight excluding hydrogens is 388 g/mol. The number of rotatable bonds is 5. The van der Waals surface area contributed by atoms with Crippen molar-refractivity contribution in [1.82, 2.24) is 14.2 Å². The molecule has 0 radical (unpaired) electrons. The summed E-state index contributed by atoms with van der Waals surface area (Å²) in [6, 6.07) is 12.9. The second-order valence-corrected chi connectivity index (χ2v) is 9.30. The molecule has 2 aliphatic rings. The first-order valence-corrected chi connectivity index (χ1v) is 11.4. The molecule has 154 valence electrons. The number of sulfonamides is 1. The molecule has 7 nitrogen and oxygen atoms in total. The number of ether oxygens (including phenoxy) is 1. The number of morpholine rings is 1. The molecule has 1 aromatic carbocycles. The maximum atomic E-state index is 13.2. The minimum Gasteiger partial charge on any atom is -0.379 e. The third kappa shape index (κ3) is 4.40. The number of benzene rings is 1.